The summed E-state index contributed by atoms with van der Waals surface area (Å²) in [5.74, 6) is -0.268. The lowest BCUT2D eigenvalue weighted by Gasteiger charge is -2.11. The standard InChI is InChI=1S/C24H24Cl2N2O2S/c1-4-30-24(29)22-18-7-5-6-8-21(18)31-23(22)27-13-16-11-14(2)28(15(16)3)17-9-10-19(25)20(26)12-17/h9-13H,4-8H2,1-3H3. The van der Waals surface area contributed by atoms with Crippen molar-refractivity contribution in [1.82, 2.24) is 4.57 Å². The molecule has 1 aromatic carbocycles. The van der Waals surface area contributed by atoms with Crippen LogP contribution in [-0.2, 0) is 17.6 Å². The molecule has 7 heteroatoms. The lowest BCUT2D eigenvalue weighted by Crippen LogP contribution is -2.09. The predicted octanol–water partition coefficient (Wildman–Crippen LogP) is 7.27. The maximum atomic E-state index is 12.7. The predicted molar refractivity (Wildman–Crippen MR) is 129 cm³/mol. The lowest BCUT2D eigenvalue weighted by atomic mass is 9.95. The van der Waals surface area contributed by atoms with Crippen molar-refractivity contribution in [1.29, 1.82) is 0 Å². The van der Waals surface area contributed by atoms with Crippen molar-refractivity contribution >= 4 is 51.7 Å². The molecule has 0 spiro atoms. The van der Waals surface area contributed by atoms with Crippen molar-refractivity contribution in [2.24, 2.45) is 4.99 Å². The number of thiophene rings is 1. The number of hydrogen-bond acceptors (Lipinski definition) is 4. The van der Waals surface area contributed by atoms with Crippen LogP contribution in [-0.4, -0.2) is 23.4 Å². The van der Waals surface area contributed by atoms with E-state index in [1.54, 1.807) is 17.4 Å². The van der Waals surface area contributed by atoms with Gasteiger partial charge in [0, 0.05) is 33.7 Å². The van der Waals surface area contributed by atoms with E-state index in [0.29, 0.717) is 22.2 Å². The summed E-state index contributed by atoms with van der Waals surface area (Å²) >= 11 is 13.9. The van der Waals surface area contributed by atoms with Crippen LogP contribution >= 0.6 is 34.5 Å². The van der Waals surface area contributed by atoms with Crippen LogP contribution in [0.1, 0.15) is 57.5 Å². The molecule has 31 heavy (non-hydrogen) atoms. The quantitative estimate of drug-likeness (QED) is 0.288. The summed E-state index contributed by atoms with van der Waals surface area (Å²) in [5.41, 5.74) is 5.82. The number of esters is 1. The van der Waals surface area contributed by atoms with E-state index < -0.39 is 0 Å². The van der Waals surface area contributed by atoms with Gasteiger partial charge in [-0.2, -0.15) is 0 Å². The summed E-state index contributed by atoms with van der Waals surface area (Å²) in [6.45, 7) is 6.28. The van der Waals surface area contributed by atoms with Crippen LogP contribution < -0.4 is 0 Å². The Bertz CT molecular complexity index is 1180. The Balaban J connectivity index is 1.72. The molecule has 0 saturated heterocycles. The highest BCUT2D eigenvalue weighted by atomic mass is 35.5. The second-order valence-corrected chi connectivity index (χ2v) is 9.53. The van der Waals surface area contributed by atoms with Crippen LogP contribution in [0.5, 0.6) is 0 Å². The third-order valence-corrected chi connectivity index (χ3v) is 7.52. The summed E-state index contributed by atoms with van der Waals surface area (Å²) in [6.07, 6.45) is 6.03. The normalized spacial score (nSPS) is 13.6. The van der Waals surface area contributed by atoms with Crippen molar-refractivity contribution < 1.29 is 9.53 Å². The van der Waals surface area contributed by atoms with E-state index in [9.17, 15) is 4.79 Å². The van der Waals surface area contributed by atoms with Crippen LogP contribution in [0, 0.1) is 13.8 Å². The molecule has 0 unspecified atom stereocenters. The molecule has 4 rings (SSSR count). The number of carbonyl (C=O) groups excluding carboxylic acids is 1. The molecule has 2 aromatic heterocycles. The van der Waals surface area contributed by atoms with Crippen LogP contribution in [0.25, 0.3) is 5.69 Å². The Hall–Kier alpha value is -2.08. The topological polar surface area (TPSA) is 43.6 Å². The first-order valence-corrected chi connectivity index (χ1v) is 12.0. The Kier molecular flexibility index (Phi) is 6.56. The molecule has 0 atom stereocenters. The molecule has 4 nitrogen and oxygen atoms in total. The Morgan fingerprint density at radius 1 is 1.19 bits per heavy atom. The molecule has 162 valence electrons. The number of fused-ring (bicyclic) bond motifs is 1. The highest BCUT2D eigenvalue weighted by Gasteiger charge is 2.26. The number of nitrogens with zero attached hydrogens (tertiary/aromatic N) is 2. The number of aryl methyl sites for hydroxylation is 2. The Labute approximate surface area is 196 Å². The summed E-state index contributed by atoms with van der Waals surface area (Å²) in [7, 11) is 0. The number of carbonyl (C=O) groups is 1. The van der Waals surface area contributed by atoms with E-state index in [1.807, 2.05) is 39.1 Å². The van der Waals surface area contributed by atoms with E-state index in [1.165, 1.54) is 4.88 Å². The maximum absolute atomic E-state index is 12.7. The maximum Gasteiger partial charge on any atom is 0.341 e. The van der Waals surface area contributed by atoms with Crippen molar-refractivity contribution in [3.8, 4) is 5.69 Å². The molecule has 0 bridgehead atoms. The fourth-order valence-electron chi connectivity index (χ4n) is 4.12. The monoisotopic (exact) mass is 474 g/mol. The molecule has 0 radical (unpaired) electrons. The Morgan fingerprint density at radius 2 is 1.97 bits per heavy atom. The molecule has 1 aliphatic carbocycles. The number of benzene rings is 1. The van der Waals surface area contributed by atoms with Gasteiger partial charge >= 0.3 is 5.97 Å². The van der Waals surface area contributed by atoms with Crippen molar-refractivity contribution in [3.05, 3.63) is 67.3 Å². The molecule has 3 aromatic rings. The molecule has 1 aliphatic rings. The third kappa shape index (κ3) is 4.32. The third-order valence-electron chi connectivity index (χ3n) is 5.58. The van der Waals surface area contributed by atoms with Gasteiger partial charge in [0.2, 0.25) is 0 Å². The van der Waals surface area contributed by atoms with Gasteiger partial charge in [0.05, 0.1) is 22.2 Å². The number of rotatable bonds is 5. The summed E-state index contributed by atoms with van der Waals surface area (Å²) in [4.78, 5) is 18.7. The zero-order valence-electron chi connectivity index (χ0n) is 17.8. The van der Waals surface area contributed by atoms with Crippen molar-refractivity contribution in [2.45, 2.75) is 46.5 Å². The first kappa shape index (κ1) is 22.1. The van der Waals surface area contributed by atoms with Gasteiger partial charge in [0.15, 0.2) is 0 Å². The lowest BCUT2D eigenvalue weighted by molar-refractivity contribution is 0.0526. The number of hydrogen-bond donors (Lipinski definition) is 0. The van der Waals surface area contributed by atoms with Gasteiger partial charge in [-0.1, -0.05) is 23.2 Å². The molecule has 0 aliphatic heterocycles. The number of ether oxygens (including phenoxy) is 1. The first-order valence-electron chi connectivity index (χ1n) is 10.4. The van der Waals surface area contributed by atoms with Crippen molar-refractivity contribution in [3.63, 3.8) is 0 Å². The highest BCUT2D eigenvalue weighted by molar-refractivity contribution is 7.16. The molecule has 0 N–H and O–H groups in total. The molecule has 0 amide bonds. The SMILES string of the molecule is CCOC(=O)c1c(N=Cc2cc(C)n(-c3ccc(Cl)c(Cl)c3)c2C)sc2c1CCCC2. The van der Waals surface area contributed by atoms with E-state index in [0.717, 1.165) is 58.9 Å². The summed E-state index contributed by atoms with van der Waals surface area (Å²) < 4.78 is 7.46. The van der Waals surface area contributed by atoms with Gasteiger partial charge < -0.3 is 9.30 Å². The zero-order chi connectivity index (χ0) is 22.1. The van der Waals surface area contributed by atoms with Gasteiger partial charge in [-0.05, 0) is 76.3 Å². The van der Waals surface area contributed by atoms with Crippen molar-refractivity contribution in [2.75, 3.05) is 6.61 Å². The fourth-order valence-corrected chi connectivity index (χ4v) is 5.64. The van der Waals surface area contributed by atoms with Crippen LogP contribution in [0.4, 0.5) is 5.00 Å². The van der Waals surface area contributed by atoms with Gasteiger partial charge in [0.25, 0.3) is 0 Å². The summed E-state index contributed by atoms with van der Waals surface area (Å²) in [6, 6.07) is 7.69. The molecule has 0 fully saturated rings. The summed E-state index contributed by atoms with van der Waals surface area (Å²) in [5, 5.41) is 1.79. The molecular formula is C24H24Cl2N2O2S. The number of halogens is 2. The van der Waals surface area contributed by atoms with Gasteiger partial charge in [-0.3, -0.25) is 0 Å². The number of aromatic nitrogens is 1. The molecule has 2 heterocycles. The van der Waals surface area contributed by atoms with E-state index in [-0.39, 0.29) is 5.97 Å². The zero-order valence-corrected chi connectivity index (χ0v) is 20.1. The van der Waals surface area contributed by atoms with E-state index in [4.69, 9.17) is 32.9 Å². The van der Waals surface area contributed by atoms with Gasteiger partial charge in [0.1, 0.15) is 5.00 Å². The van der Waals surface area contributed by atoms with Crippen LogP contribution in [0.3, 0.4) is 0 Å². The highest BCUT2D eigenvalue weighted by Crippen LogP contribution is 2.40. The molecular weight excluding hydrogens is 451 g/mol. The van der Waals surface area contributed by atoms with E-state index in [2.05, 4.69) is 10.6 Å². The minimum atomic E-state index is -0.268. The first-order chi connectivity index (χ1) is 14.9. The minimum Gasteiger partial charge on any atom is -0.462 e. The average Bonchev–Trinajstić information content (AvgIpc) is 3.25. The molecule has 0 saturated carbocycles. The average molecular weight is 475 g/mol. The van der Waals surface area contributed by atoms with Gasteiger partial charge in [-0.25, -0.2) is 9.79 Å². The second kappa shape index (κ2) is 9.19. The minimum absolute atomic E-state index is 0.268. The van der Waals surface area contributed by atoms with Gasteiger partial charge in [-0.15, -0.1) is 11.3 Å². The smallest absolute Gasteiger partial charge is 0.341 e. The number of aliphatic imine (C=N–C) groups is 1. The van der Waals surface area contributed by atoms with Crippen LogP contribution in [0.2, 0.25) is 10.0 Å². The second-order valence-electron chi connectivity index (χ2n) is 7.63. The largest absolute Gasteiger partial charge is 0.462 e. The fraction of sp³-hybridized carbons (Fsp3) is 0.333. The Morgan fingerprint density at radius 3 is 2.71 bits per heavy atom. The van der Waals surface area contributed by atoms with Crippen LogP contribution in [0.15, 0.2) is 29.3 Å². The van der Waals surface area contributed by atoms with E-state index >= 15 is 0 Å².